The first kappa shape index (κ1) is 25.3. The van der Waals surface area contributed by atoms with Crippen LogP contribution in [-0.4, -0.2) is 5.97 Å². The summed E-state index contributed by atoms with van der Waals surface area (Å²) in [4.78, 5) is 12.4. The average molecular weight is 519 g/mol. The van der Waals surface area contributed by atoms with Crippen molar-refractivity contribution in [3.8, 4) is 23.3 Å². The summed E-state index contributed by atoms with van der Waals surface area (Å²) in [5.74, 6) is -0.334. The molecular formula is C32H23FN2O4. The SMILES string of the molecule is N#CC1=C(N)Oc2cc(OC(=O)/C=C/c3ccccc3)ccc2C1c1cccc(OCc2ccccc2F)c1. The molecule has 4 aromatic carbocycles. The van der Waals surface area contributed by atoms with Crippen LogP contribution in [0.1, 0.15) is 28.2 Å². The summed E-state index contributed by atoms with van der Waals surface area (Å²) in [5, 5.41) is 9.88. The molecule has 6 nitrogen and oxygen atoms in total. The average Bonchev–Trinajstić information content (AvgIpc) is 2.95. The molecule has 192 valence electrons. The molecule has 1 aliphatic heterocycles. The summed E-state index contributed by atoms with van der Waals surface area (Å²) in [7, 11) is 0. The summed E-state index contributed by atoms with van der Waals surface area (Å²) in [5.41, 5.74) is 9.08. The Morgan fingerprint density at radius 2 is 1.77 bits per heavy atom. The molecule has 39 heavy (non-hydrogen) atoms. The molecular weight excluding hydrogens is 495 g/mol. The molecule has 7 heteroatoms. The monoisotopic (exact) mass is 518 g/mol. The van der Waals surface area contributed by atoms with Crippen molar-refractivity contribution in [2.75, 3.05) is 0 Å². The summed E-state index contributed by atoms with van der Waals surface area (Å²) in [6.07, 6.45) is 3.00. The highest BCUT2D eigenvalue weighted by Crippen LogP contribution is 2.44. The highest BCUT2D eigenvalue weighted by atomic mass is 19.1. The van der Waals surface area contributed by atoms with Crippen molar-refractivity contribution in [2.24, 2.45) is 5.73 Å². The van der Waals surface area contributed by atoms with Gasteiger partial charge in [0.2, 0.25) is 5.88 Å². The van der Waals surface area contributed by atoms with E-state index in [9.17, 15) is 14.4 Å². The zero-order valence-corrected chi connectivity index (χ0v) is 20.7. The number of carbonyl (C=O) groups excluding carboxylic acids is 1. The van der Waals surface area contributed by atoms with Gasteiger partial charge in [-0.15, -0.1) is 0 Å². The van der Waals surface area contributed by atoms with E-state index >= 15 is 0 Å². The Morgan fingerprint density at radius 1 is 0.974 bits per heavy atom. The second-order valence-electron chi connectivity index (χ2n) is 8.74. The third-order valence-electron chi connectivity index (χ3n) is 6.16. The van der Waals surface area contributed by atoms with Gasteiger partial charge in [-0.25, -0.2) is 9.18 Å². The van der Waals surface area contributed by atoms with Gasteiger partial charge >= 0.3 is 5.97 Å². The van der Waals surface area contributed by atoms with Gasteiger partial charge in [0.05, 0.1) is 5.92 Å². The molecule has 1 atom stereocenters. The number of esters is 1. The van der Waals surface area contributed by atoms with Crippen LogP contribution in [0.5, 0.6) is 17.2 Å². The number of nitrogens with zero attached hydrogens (tertiary/aromatic N) is 1. The van der Waals surface area contributed by atoms with Crippen LogP contribution < -0.4 is 19.9 Å². The minimum absolute atomic E-state index is 0.0415. The molecule has 0 bridgehead atoms. The van der Waals surface area contributed by atoms with E-state index in [0.717, 1.165) is 11.1 Å². The van der Waals surface area contributed by atoms with Crippen molar-refractivity contribution >= 4 is 12.0 Å². The molecule has 0 aromatic heterocycles. The highest BCUT2D eigenvalue weighted by molar-refractivity contribution is 5.88. The van der Waals surface area contributed by atoms with Crippen LogP contribution in [0.3, 0.4) is 0 Å². The summed E-state index contributed by atoms with van der Waals surface area (Å²) >= 11 is 0. The summed E-state index contributed by atoms with van der Waals surface area (Å²) in [6.45, 7) is 0.0526. The number of halogens is 1. The van der Waals surface area contributed by atoms with Gasteiger partial charge < -0.3 is 19.9 Å². The van der Waals surface area contributed by atoms with E-state index in [-0.39, 0.29) is 29.6 Å². The van der Waals surface area contributed by atoms with Crippen LogP contribution in [0.15, 0.2) is 115 Å². The van der Waals surface area contributed by atoms with Gasteiger partial charge in [-0.1, -0.05) is 66.7 Å². The van der Waals surface area contributed by atoms with Crippen molar-refractivity contribution < 1.29 is 23.4 Å². The van der Waals surface area contributed by atoms with E-state index in [2.05, 4.69) is 6.07 Å². The van der Waals surface area contributed by atoms with Gasteiger partial charge in [-0.3, -0.25) is 0 Å². The van der Waals surface area contributed by atoms with Crippen molar-refractivity contribution in [3.05, 3.63) is 143 Å². The van der Waals surface area contributed by atoms with Gasteiger partial charge in [-0.05, 0) is 41.5 Å². The Hall–Kier alpha value is -5.35. The van der Waals surface area contributed by atoms with E-state index in [1.807, 2.05) is 36.4 Å². The molecule has 0 saturated heterocycles. The lowest BCUT2D eigenvalue weighted by molar-refractivity contribution is -0.128. The van der Waals surface area contributed by atoms with Crippen molar-refractivity contribution in [2.45, 2.75) is 12.5 Å². The number of benzene rings is 4. The van der Waals surface area contributed by atoms with Gasteiger partial charge in [0.15, 0.2) is 0 Å². The lowest BCUT2D eigenvalue weighted by Crippen LogP contribution is -2.21. The number of nitriles is 1. The molecule has 0 fully saturated rings. The fourth-order valence-corrected chi connectivity index (χ4v) is 4.28. The Kier molecular flexibility index (Phi) is 7.37. The number of fused-ring (bicyclic) bond motifs is 1. The molecule has 1 aliphatic rings. The third-order valence-corrected chi connectivity index (χ3v) is 6.16. The van der Waals surface area contributed by atoms with Crippen molar-refractivity contribution in [1.29, 1.82) is 5.26 Å². The molecule has 0 amide bonds. The maximum atomic E-state index is 14.0. The molecule has 0 aliphatic carbocycles. The number of carbonyl (C=O) groups is 1. The van der Waals surface area contributed by atoms with Gasteiger partial charge in [0.25, 0.3) is 0 Å². The number of nitrogens with two attached hydrogens (primary N) is 1. The first-order chi connectivity index (χ1) is 19.0. The Morgan fingerprint density at radius 3 is 2.56 bits per heavy atom. The third kappa shape index (κ3) is 5.81. The van der Waals surface area contributed by atoms with E-state index < -0.39 is 11.9 Å². The quantitative estimate of drug-likeness (QED) is 0.177. The predicted molar refractivity (Wildman–Crippen MR) is 144 cm³/mol. The van der Waals surface area contributed by atoms with Gasteiger partial charge in [-0.2, -0.15) is 5.26 Å². The van der Waals surface area contributed by atoms with Gasteiger partial charge in [0.1, 0.15) is 41.3 Å². The predicted octanol–water partition coefficient (Wildman–Crippen LogP) is 6.24. The molecule has 5 rings (SSSR count). The molecule has 1 heterocycles. The van der Waals surface area contributed by atoms with Crippen molar-refractivity contribution in [1.82, 2.24) is 0 Å². The topological polar surface area (TPSA) is 94.6 Å². The first-order valence-corrected chi connectivity index (χ1v) is 12.1. The standard InChI is InChI=1S/C32H23FN2O4/c33-28-12-5-4-9-23(28)20-37-24-11-6-10-22(17-24)31-26-15-14-25(18-29(26)39-32(35)27(31)19-34)38-30(36)16-13-21-7-2-1-3-8-21/h1-18,31H,20,35H2/b16-13+. The normalized spacial score (nSPS) is 14.3. The maximum absolute atomic E-state index is 14.0. The number of allylic oxidation sites excluding steroid dienone is 1. The lowest BCUT2D eigenvalue weighted by atomic mass is 9.83. The Labute approximate surface area is 225 Å². The largest absolute Gasteiger partial charge is 0.489 e. The van der Waals surface area contributed by atoms with Crippen LogP contribution in [-0.2, 0) is 11.4 Å². The number of hydrogen-bond acceptors (Lipinski definition) is 6. The fourth-order valence-electron chi connectivity index (χ4n) is 4.28. The van der Waals surface area contributed by atoms with E-state index in [1.165, 1.54) is 12.1 Å². The van der Waals surface area contributed by atoms with Crippen LogP contribution >= 0.6 is 0 Å². The molecule has 2 N–H and O–H groups in total. The minimum Gasteiger partial charge on any atom is -0.489 e. The van der Waals surface area contributed by atoms with E-state index in [1.54, 1.807) is 60.7 Å². The van der Waals surface area contributed by atoms with Crippen LogP contribution in [0.25, 0.3) is 6.08 Å². The van der Waals surface area contributed by atoms with E-state index in [4.69, 9.17) is 19.9 Å². The molecule has 0 spiro atoms. The number of ether oxygens (including phenoxy) is 3. The Balaban J connectivity index is 1.38. The van der Waals surface area contributed by atoms with Crippen LogP contribution in [0.4, 0.5) is 4.39 Å². The number of hydrogen-bond donors (Lipinski definition) is 1. The number of rotatable bonds is 7. The van der Waals surface area contributed by atoms with Crippen LogP contribution in [0.2, 0.25) is 0 Å². The molecule has 0 radical (unpaired) electrons. The fraction of sp³-hybridized carbons (Fsp3) is 0.0625. The maximum Gasteiger partial charge on any atom is 0.336 e. The first-order valence-electron chi connectivity index (χ1n) is 12.1. The second kappa shape index (κ2) is 11.4. The zero-order chi connectivity index (χ0) is 27.2. The van der Waals surface area contributed by atoms with Gasteiger partial charge in [0, 0.05) is 23.3 Å². The second-order valence-corrected chi connectivity index (χ2v) is 8.74. The summed E-state index contributed by atoms with van der Waals surface area (Å²) < 4.78 is 31.1. The zero-order valence-electron chi connectivity index (χ0n) is 20.7. The Bertz CT molecular complexity index is 1620. The van der Waals surface area contributed by atoms with Crippen LogP contribution in [0, 0.1) is 17.1 Å². The molecule has 0 saturated carbocycles. The highest BCUT2D eigenvalue weighted by Gasteiger charge is 2.31. The smallest absolute Gasteiger partial charge is 0.336 e. The van der Waals surface area contributed by atoms with E-state index in [0.29, 0.717) is 22.6 Å². The minimum atomic E-state index is -0.549. The molecule has 1 unspecified atom stereocenters. The lowest BCUT2D eigenvalue weighted by Gasteiger charge is -2.27. The molecule has 4 aromatic rings. The van der Waals surface area contributed by atoms with Crippen molar-refractivity contribution in [3.63, 3.8) is 0 Å². The summed E-state index contributed by atoms with van der Waals surface area (Å²) in [6, 6.07) is 30.1.